The van der Waals surface area contributed by atoms with Crippen molar-refractivity contribution in [2.45, 2.75) is 70.3 Å². The Morgan fingerprint density at radius 1 is 1.22 bits per heavy atom. The Labute approximate surface area is 136 Å². The van der Waals surface area contributed by atoms with E-state index in [0.29, 0.717) is 13.1 Å². The molecule has 1 aliphatic carbocycles. The maximum atomic E-state index is 12.4. The van der Waals surface area contributed by atoms with E-state index in [1.165, 1.54) is 4.90 Å². The topological polar surface area (TPSA) is 44.4 Å². The summed E-state index contributed by atoms with van der Waals surface area (Å²) in [5.74, 6) is 0.132. The predicted molar refractivity (Wildman–Crippen MR) is 83.1 cm³/mol. The van der Waals surface area contributed by atoms with Gasteiger partial charge in [-0.1, -0.05) is 6.42 Å². The van der Waals surface area contributed by atoms with E-state index in [0.717, 1.165) is 32.1 Å². The van der Waals surface area contributed by atoms with Gasteiger partial charge in [-0.05, 0) is 39.5 Å². The summed E-state index contributed by atoms with van der Waals surface area (Å²) in [4.78, 5) is 13.6. The van der Waals surface area contributed by atoms with Gasteiger partial charge in [0.25, 0.3) is 0 Å². The van der Waals surface area contributed by atoms with E-state index in [4.69, 9.17) is 0 Å². The van der Waals surface area contributed by atoms with E-state index >= 15 is 0 Å². The molecule has 0 radical (unpaired) electrons. The minimum absolute atomic E-state index is 0.0244. The van der Waals surface area contributed by atoms with E-state index in [9.17, 15) is 18.0 Å². The molecule has 2 rings (SSSR count). The summed E-state index contributed by atoms with van der Waals surface area (Å²) in [6.45, 7) is 4.00. The zero-order valence-corrected chi connectivity index (χ0v) is 14.0. The molecule has 3 unspecified atom stereocenters. The molecule has 2 N–H and O–H groups in total. The van der Waals surface area contributed by atoms with Gasteiger partial charge in [0.05, 0.1) is 6.54 Å². The fourth-order valence-corrected chi connectivity index (χ4v) is 3.68. The lowest BCUT2D eigenvalue weighted by Gasteiger charge is -2.31. The Bertz CT molecular complexity index is 401. The average molecular weight is 335 g/mol. The summed E-state index contributed by atoms with van der Waals surface area (Å²) in [5, 5.41) is 6.44. The quantitative estimate of drug-likeness (QED) is 0.810. The lowest BCUT2D eigenvalue weighted by Crippen LogP contribution is -2.46. The molecule has 2 aliphatic rings. The number of amides is 1. The molecule has 0 aromatic carbocycles. The van der Waals surface area contributed by atoms with E-state index in [1.54, 1.807) is 0 Å². The van der Waals surface area contributed by atoms with Crippen LogP contribution in [0.4, 0.5) is 13.2 Å². The molecule has 1 saturated carbocycles. The molecule has 4 nitrogen and oxygen atoms in total. The Balaban J connectivity index is 1.76. The number of likely N-dealkylation sites (tertiary alicyclic amines) is 1. The summed E-state index contributed by atoms with van der Waals surface area (Å²) >= 11 is 0. The Morgan fingerprint density at radius 3 is 2.61 bits per heavy atom. The van der Waals surface area contributed by atoms with E-state index < -0.39 is 12.7 Å². The van der Waals surface area contributed by atoms with Crippen molar-refractivity contribution >= 4 is 5.91 Å². The van der Waals surface area contributed by atoms with Crippen molar-refractivity contribution in [1.82, 2.24) is 15.5 Å². The van der Waals surface area contributed by atoms with Crippen molar-refractivity contribution in [2.75, 3.05) is 19.6 Å². The number of nitrogens with zero attached hydrogens (tertiary/aromatic N) is 1. The summed E-state index contributed by atoms with van der Waals surface area (Å²) in [7, 11) is 0. The highest BCUT2D eigenvalue weighted by Crippen LogP contribution is 2.26. The van der Waals surface area contributed by atoms with Crippen LogP contribution in [0.1, 0.15) is 46.0 Å². The number of alkyl halides is 3. The number of carbonyl (C=O) groups is 1. The van der Waals surface area contributed by atoms with Crippen LogP contribution in [0.2, 0.25) is 0 Å². The number of hydrogen-bond acceptors (Lipinski definition) is 3. The summed E-state index contributed by atoms with van der Waals surface area (Å²) in [6.07, 6.45) is 0.305. The smallest absolute Gasteiger partial charge is 0.354 e. The minimum atomic E-state index is -4.13. The fourth-order valence-electron chi connectivity index (χ4n) is 3.68. The van der Waals surface area contributed by atoms with Crippen molar-refractivity contribution in [1.29, 1.82) is 0 Å². The van der Waals surface area contributed by atoms with Gasteiger partial charge in [0.2, 0.25) is 5.91 Å². The van der Waals surface area contributed by atoms with Crippen molar-refractivity contribution < 1.29 is 18.0 Å². The molecule has 0 aromatic heterocycles. The van der Waals surface area contributed by atoms with Crippen LogP contribution in [0.25, 0.3) is 0 Å². The van der Waals surface area contributed by atoms with Gasteiger partial charge in [0.15, 0.2) is 0 Å². The number of nitrogens with one attached hydrogen (secondary N) is 2. The van der Waals surface area contributed by atoms with Crippen molar-refractivity contribution in [3.05, 3.63) is 0 Å². The molecule has 2 fully saturated rings. The van der Waals surface area contributed by atoms with Gasteiger partial charge in [-0.2, -0.15) is 13.2 Å². The van der Waals surface area contributed by atoms with Crippen LogP contribution in [0.15, 0.2) is 0 Å². The summed E-state index contributed by atoms with van der Waals surface area (Å²) in [6, 6.07) is 0.485. The molecule has 134 valence electrons. The van der Waals surface area contributed by atoms with Gasteiger partial charge >= 0.3 is 6.18 Å². The molecule has 7 heteroatoms. The molecule has 0 bridgehead atoms. The fraction of sp³-hybridized carbons (Fsp3) is 0.938. The van der Waals surface area contributed by atoms with Crippen LogP contribution in [0, 0.1) is 5.92 Å². The molecular formula is C16H28F3N3O. The normalized spacial score (nSPS) is 29.9. The van der Waals surface area contributed by atoms with Gasteiger partial charge in [-0.15, -0.1) is 0 Å². The van der Waals surface area contributed by atoms with Gasteiger partial charge < -0.3 is 10.6 Å². The number of rotatable bonds is 5. The van der Waals surface area contributed by atoms with Crippen molar-refractivity contribution in [3.63, 3.8) is 0 Å². The highest BCUT2D eigenvalue weighted by molar-refractivity contribution is 5.79. The molecule has 1 heterocycles. The summed E-state index contributed by atoms with van der Waals surface area (Å²) < 4.78 is 37.3. The second-order valence-electron chi connectivity index (χ2n) is 7.23. The average Bonchev–Trinajstić information content (AvgIpc) is 2.83. The lowest BCUT2D eigenvalue weighted by molar-refractivity contribution is -0.143. The maximum Gasteiger partial charge on any atom is 0.401 e. The first-order chi connectivity index (χ1) is 10.7. The maximum absolute atomic E-state index is 12.4. The molecule has 0 spiro atoms. The van der Waals surface area contributed by atoms with E-state index in [1.807, 2.05) is 13.8 Å². The lowest BCUT2D eigenvalue weighted by atomic mass is 9.84. The highest BCUT2D eigenvalue weighted by Gasteiger charge is 2.35. The molecule has 1 amide bonds. The first-order valence-electron chi connectivity index (χ1n) is 8.58. The zero-order valence-electron chi connectivity index (χ0n) is 14.0. The third-order valence-electron chi connectivity index (χ3n) is 4.62. The largest absolute Gasteiger partial charge is 0.401 e. The monoisotopic (exact) mass is 335 g/mol. The minimum Gasteiger partial charge on any atom is -0.354 e. The third kappa shape index (κ3) is 6.30. The third-order valence-corrected chi connectivity index (χ3v) is 4.62. The van der Waals surface area contributed by atoms with Crippen LogP contribution in [0.5, 0.6) is 0 Å². The summed E-state index contributed by atoms with van der Waals surface area (Å²) in [5.41, 5.74) is 0. The van der Waals surface area contributed by atoms with Crippen LogP contribution < -0.4 is 10.6 Å². The molecule has 23 heavy (non-hydrogen) atoms. The second kappa shape index (κ2) is 7.83. The SMILES string of the molecule is CC(C)NC(=O)C1CCCC(NC2CCN(CC(F)(F)F)C2)C1. The second-order valence-corrected chi connectivity index (χ2v) is 7.23. The predicted octanol–water partition coefficient (Wildman–Crippen LogP) is 2.30. The Morgan fingerprint density at radius 2 is 1.96 bits per heavy atom. The standard InChI is InChI=1S/C16H28F3N3O/c1-11(2)20-15(23)12-4-3-5-13(8-12)21-14-6-7-22(9-14)10-16(17,18)19/h11-14,21H,3-10H2,1-2H3,(H,20,23). The van der Waals surface area contributed by atoms with Gasteiger partial charge in [-0.3, -0.25) is 9.69 Å². The first kappa shape index (κ1) is 18.5. The molecule has 1 aliphatic heterocycles. The highest BCUT2D eigenvalue weighted by atomic mass is 19.4. The van der Waals surface area contributed by atoms with Crippen LogP contribution in [0.3, 0.4) is 0 Å². The van der Waals surface area contributed by atoms with Crippen LogP contribution in [-0.2, 0) is 4.79 Å². The zero-order chi connectivity index (χ0) is 17.0. The van der Waals surface area contributed by atoms with Crippen molar-refractivity contribution in [3.8, 4) is 0 Å². The number of hydrogen-bond donors (Lipinski definition) is 2. The number of carbonyl (C=O) groups excluding carboxylic acids is 1. The number of halogens is 3. The van der Waals surface area contributed by atoms with Gasteiger partial charge in [-0.25, -0.2) is 0 Å². The van der Waals surface area contributed by atoms with Crippen LogP contribution >= 0.6 is 0 Å². The Hall–Kier alpha value is -0.820. The van der Waals surface area contributed by atoms with E-state index in [-0.39, 0.29) is 30.0 Å². The molecule has 3 atom stereocenters. The van der Waals surface area contributed by atoms with E-state index in [2.05, 4.69) is 10.6 Å². The first-order valence-corrected chi connectivity index (χ1v) is 8.58. The van der Waals surface area contributed by atoms with Crippen molar-refractivity contribution in [2.24, 2.45) is 5.92 Å². The Kier molecular flexibility index (Phi) is 6.31. The van der Waals surface area contributed by atoms with Crippen LogP contribution in [-0.4, -0.2) is 54.7 Å². The van der Waals surface area contributed by atoms with Gasteiger partial charge in [0.1, 0.15) is 0 Å². The van der Waals surface area contributed by atoms with Gasteiger partial charge in [0, 0.05) is 37.1 Å². The molecule has 0 aromatic rings. The molecule has 1 saturated heterocycles. The molecular weight excluding hydrogens is 307 g/mol.